The Morgan fingerprint density at radius 2 is 2.25 bits per heavy atom. The number of hydrogen-bond donors (Lipinski definition) is 1. The molecule has 0 aromatic heterocycles. The first-order valence-electron chi connectivity index (χ1n) is 7.33. The molecule has 0 saturated carbocycles. The van der Waals surface area contributed by atoms with Gasteiger partial charge in [-0.15, -0.1) is 0 Å². The number of carboxylic acid groups (broad SMARTS) is 1. The third kappa shape index (κ3) is 2.75. The van der Waals surface area contributed by atoms with Crippen LogP contribution in [-0.4, -0.2) is 66.3 Å². The van der Waals surface area contributed by atoms with Crippen LogP contribution in [0.5, 0.6) is 0 Å². The van der Waals surface area contributed by atoms with Crippen molar-refractivity contribution in [1.29, 1.82) is 0 Å². The van der Waals surface area contributed by atoms with Crippen LogP contribution in [0.2, 0.25) is 0 Å². The molecule has 2 rings (SSSR count). The molecule has 0 aromatic carbocycles. The summed E-state index contributed by atoms with van der Waals surface area (Å²) in [4.78, 5) is 27.4. The van der Waals surface area contributed by atoms with Gasteiger partial charge in [0.25, 0.3) is 0 Å². The van der Waals surface area contributed by atoms with E-state index in [1.807, 2.05) is 6.92 Å². The van der Waals surface area contributed by atoms with Gasteiger partial charge in [-0.1, -0.05) is 6.92 Å². The van der Waals surface area contributed by atoms with E-state index < -0.39 is 11.4 Å². The van der Waals surface area contributed by atoms with Crippen molar-refractivity contribution in [3.63, 3.8) is 0 Å². The fraction of sp³-hybridized carbons (Fsp3) is 0.857. The monoisotopic (exact) mass is 284 g/mol. The second-order valence-electron chi connectivity index (χ2n) is 5.88. The van der Waals surface area contributed by atoms with Gasteiger partial charge in [0.05, 0.1) is 18.1 Å². The molecule has 20 heavy (non-hydrogen) atoms. The number of hydrogen-bond acceptors (Lipinski definition) is 3. The van der Waals surface area contributed by atoms with Crippen molar-refractivity contribution < 1.29 is 19.4 Å². The summed E-state index contributed by atoms with van der Waals surface area (Å²) in [6.45, 7) is 4.11. The Hall–Kier alpha value is -1.30. The lowest BCUT2D eigenvalue weighted by Gasteiger charge is -2.41. The quantitative estimate of drug-likeness (QED) is 0.850. The molecule has 2 aliphatic rings. The van der Waals surface area contributed by atoms with Gasteiger partial charge < -0.3 is 19.6 Å². The van der Waals surface area contributed by atoms with E-state index in [4.69, 9.17) is 4.74 Å². The minimum atomic E-state index is -0.788. The molecule has 2 amide bonds. The van der Waals surface area contributed by atoms with Crippen molar-refractivity contribution >= 4 is 12.0 Å². The standard InChI is InChI=1S/C14H24N2O4/c1-3-14(12(17)18)6-4-7-16(10-14)13(19)15(2)11-5-8-20-9-11/h11H,3-10H2,1-2H3,(H,17,18). The minimum Gasteiger partial charge on any atom is -0.481 e. The molecular weight excluding hydrogens is 260 g/mol. The zero-order valence-electron chi connectivity index (χ0n) is 12.3. The number of likely N-dealkylation sites (tertiary alicyclic amines) is 1. The molecule has 2 heterocycles. The summed E-state index contributed by atoms with van der Waals surface area (Å²) in [7, 11) is 1.78. The normalized spacial score (nSPS) is 30.3. The van der Waals surface area contributed by atoms with Crippen molar-refractivity contribution in [3.8, 4) is 0 Å². The molecular formula is C14H24N2O4. The maximum atomic E-state index is 12.5. The van der Waals surface area contributed by atoms with E-state index in [-0.39, 0.29) is 12.1 Å². The van der Waals surface area contributed by atoms with Crippen molar-refractivity contribution in [2.75, 3.05) is 33.4 Å². The number of aliphatic carboxylic acids is 1. The molecule has 2 unspecified atom stereocenters. The van der Waals surface area contributed by atoms with E-state index in [9.17, 15) is 14.7 Å². The summed E-state index contributed by atoms with van der Waals surface area (Å²) >= 11 is 0. The van der Waals surface area contributed by atoms with Crippen LogP contribution < -0.4 is 0 Å². The Labute approximate surface area is 119 Å². The first kappa shape index (κ1) is 15.1. The number of carboxylic acids is 1. The second-order valence-corrected chi connectivity index (χ2v) is 5.88. The minimum absolute atomic E-state index is 0.0701. The van der Waals surface area contributed by atoms with Gasteiger partial charge in [-0.25, -0.2) is 4.79 Å². The van der Waals surface area contributed by atoms with Crippen LogP contribution in [0.1, 0.15) is 32.6 Å². The summed E-state index contributed by atoms with van der Waals surface area (Å²) in [5.41, 5.74) is -0.777. The van der Waals surface area contributed by atoms with Crippen molar-refractivity contribution in [2.45, 2.75) is 38.6 Å². The van der Waals surface area contributed by atoms with Gasteiger partial charge in [0.2, 0.25) is 0 Å². The molecule has 6 nitrogen and oxygen atoms in total. The first-order valence-corrected chi connectivity index (χ1v) is 7.33. The van der Waals surface area contributed by atoms with Gasteiger partial charge in [-0.2, -0.15) is 0 Å². The highest BCUT2D eigenvalue weighted by Gasteiger charge is 2.43. The lowest BCUT2D eigenvalue weighted by molar-refractivity contribution is -0.152. The highest BCUT2D eigenvalue weighted by atomic mass is 16.5. The smallest absolute Gasteiger partial charge is 0.320 e. The van der Waals surface area contributed by atoms with E-state index in [2.05, 4.69) is 0 Å². The predicted molar refractivity (Wildman–Crippen MR) is 73.5 cm³/mol. The first-order chi connectivity index (χ1) is 9.50. The molecule has 0 radical (unpaired) electrons. The second kappa shape index (κ2) is 5.99. The highest BCUT2D eigenvalue weighted by molar-refractivity contribution is 5.79. The summed E-state index contributed by atoms with van der Waals surface area (Å²) in [6.07, 6.45) is 2.82. The topological polar surface area (TPSA) is 70.1 Å². The van der Waals surface area contributed by atoms with Gasteiger partial charge in [0, 0.05) is 26.7 Å². The van der Waals surface area contributed by atoms with Crippen LogP contribution in [0.3, 0.4) is 0 Å². The van der Waals surface area contributed by atoms with Crippen LogP contribution in [0.4, 0.5) is 4.79 Å². The maximum absolute atomic E-state index is 12.5. The Morgan fingerprint density at radius 3 is 2.80 bits per heavy atom. The van der Waals surface area contributed by atoms with Gasteiger partial charge in [-0.3, -0.25) is 4.79 Å². The zero-order valence-corrected chi connectivity index (χ0v) is 12.3. The number of likely N-dealkylation sites (N-methyl/N-ethyl adjacent to an activating group) is 1. The van der Waals surface area contributed by atoms with E-state index >= 15 is 0 Å². The van der Waals surface area contributed by atoms with Crippen LogP contribution >= 0.6 is 0 Å². The average Bonchev–Trinajstić information content (AvgIpc) is 2.99. The van der Waals surface area contributed by atoms with Crippen LogP contribution in [0.25, 0.3) is 0 Å². The zero-order chi connectivity index (χ0) is 14.8. The fourth-order valence-electron chi connectivity index (χ4n) is 3.12. The van der Waals surface area contributed by atoms with Crippen molar-refractivity contribution in [3.05, 3.63) is 0 Å². The molecule has 2 fully saturated rings. The molecule has 2 atom stereocenters. The summed E-state index contributed by atoms with van der Waals surface area (Å²) in [5, 5.41) is 9.47. The number of urea groups is 1. The maximum Gasteiger partial charge on any atom is 0.320 e. The Balaban J connectivity index is 2.04. The third-order valence-corrected chi connectivity index (χ3v) is 4.73. The number of carbonyl (C=O) groups is 2. The van der Waals surface area contributed by atoms with Crippen LogP contribution in [0, 0.1) is 5.41 Å². The Morgan fingerprint density at radius 1 is 1.50 bits per heavy atom. The summed E-state index contributed by atoms with van der Waals surface area (Å²) in [5.74, 6) is -0.788. The van der Waals surface area contributed by atoms with Gasteiger partial charge >= 0.3 is 12.0 Å². The number of ether oxygens (including phenoxy) is 1. The fourth-order valence-corrected chi connectivity index (χ4v) is 3.12. The molecule has 0 spiro atoms. The lowest BCUT2D eigenvalue weighted by atomic mass is 9.78. The van der Waals surface area contributed by atoms with E-state index in [0.29, 0.717) is 39.1 Å². The van der Waals surface area contributed by atoms with E-state index in [1.54, 1.807) is 16.8 Å². The lowest BCUT2D eigenvalue weighted by Crippen LogP contribution is -2.54. The van der Waals surface area contributed by atoms with Gasteiger partial charge in [-0.05, 0) is 25.7 Å². The number of nitrogens with zero attached hydrogens (tertiary/aromatic N) is 2. The predicted octanol–water partition coefficient (Wildman–Crippen LogP) is 1.40. The molecule has 6 heteroatoms. The average molecular weight is 284 g/mol. The van der Waals surface area contributed by atoms with Gasteiger partial charge in [0.15, 0.2) is 0 Å². The van der Waals surface area contributed by atoms with E-state index in [0.717, 1.165) is 12.8 Å². The van der Waals surface area contributed by atoms with Crippen LogP contribution in [-0.2, 0) is 9.53 Å². The van der Waals surface area contributed by atoms with E-state index in [1.165, 1.54) is 0 Å². The molecule has 1 N–H and O–H groups in total. The van der Waals surface area contributed by atoms with Crippen molar-refractivity contribution in [2.24, 2.45) is 5.41 Å². The number of rotatable bonds is 3. The molecule has 2 saturated heterocycles. The number of piperidine rings is 1. The number of carbonyl (C=O) groups excluding carboxylic acids is 1. The third-order valence-electron chi connectivity index (χ3n) is 4.73. The molecule has 0 aliphatic carbocycles. The summed E-state index contributed by atoms with van der Waals surface area (Å²) < 4.78 is 5.31. The molecule has 114 valence electrons. The van der Waals surface area contributed by atoms with Gasteiger partial charge in [0.1, 0.15) is 0 Å². The molecule has 0 bridgehead atoms. The number of amides is 2. The highest BCUT2D eigenvalue weighted by Crippen LogP contribution is 2.34. The van der Waals surface area contributed by atoms with Crippen LogP contribution in [0.15, 0.2) is 0 Å². The molecule has 0 aromatic rings. The largest absolute Gasteiger partial charge is 0.481 e. The van der Waals surface area contributed by atoms with Crippen molar-refractivity contribution in [1.82, 2.24) is 9.80 Å². The Kier molecular flexibility index (Phi) is 4.52. The SMILES string of the molecule is CCC1(C(=O)O)CCCN(C(=O)N(C)C2CCOC2)C1. The molecule has 2 aliphatic heterocycles. The Bertz CT molecular complexity index is 381. The summed E-state index contributed by atoms with van der Waals surface area (Å²) in [6, 6.07) is 0.0459.